The highest BCUT2D eigenvalue weighted by Gasteiger charge is 2.21. The first-order valence-corrected chi connectivity index (χ1v) is 11.1. The van der Waals surface area contributed by atoms with E-state index in [0.29, 0.717) is 34.1 Å². The van der Waals surface area contributed by atoms with Crippen molar-refractivity contribution in [2.75, 3.05) is 24.0 Å². The average Bonchev–Trinajstić information content (AvgIpc) is 3.39. The molecule has 1 aromatic heterocycles. The fraction of sp³-hybridized carbons (Fsp3) is 0.231. The summed E-state index contributed by atoms with van der Waals surface area (Å²) in [6.07, 6.45) is 0. The van der Waals surface area contributed by atoms with Crippen molar-refractivity contribution < 1.29 is 33.4 Å². The van der Waals surface area contributed by atoms with E-state index >= 15 is 0 Å². The van der Waals surface area contributed by atoms with Gasteiger partial charge in [0, 0.05) is 53.9 Å². The van der Waals surface area contributed by atoms with Crippen molar-refractivity contribution in [1.82, 2.24) is 4.57 Å². The van der Waals surface area contributed by atoms with Crippen LogP contribution >= 0.6 is 0 Å². The van der Waals surface area contributed by atoms with Crippen LogP contribution in [-0.2, 0) is 14.3 Å². The molecule has 2 amide bonds. The standard InChI is InChI=1S/C26H25N3O7/c1-14-7-22(15(2)29(14)21-5-6-24-25(11-21)36-13-35-24)23(32)12-34-26(33)18-8-19(27-16(3)30)10-20(9-18)28-17(4)31/h5-11H,12-13H2,1-4H3,(H,27,30)(H,28,31). The van der Waals surface area contributed by atoms with Crippen LogP contribution in [0.25, 0.3) is 5.69 Å². The highest BCUT2D eigenvalue weighted by atomic mass is 16.7. The molecule has 4 rings (SSSR count). The van der Waals surface area contributed by atoms with Crippen molar-refractivity contribution in [3.63, 3.8) is 0 Å². The lowest BCUT2D eigenvalue weighted by atomic mass is 10.1. The third-order valence-corrected chi connectivity index (χ3v) is 5.49. The molecule has 1 aliphatic heterocycles. The summed E-state index contributed by atoms with van der Waals surface area (Å²) in [5.41, 5.74) is 3.42. The van der Waals surface area contributed by atoms with E-state index < -0.39 is 12.6 Å². The molecule has 0 unspecified atom stereocenters. The maximum Gasteiger partial charge on any atom is 0.338 e. The molecule has 1 aliphatic rings. The van der Waals surface area contributed by atoms with Gasteiger partial charge in [-0.1, -0.05) is 0 Å². The predicted molar refractivity (Wildman–Crippen MR) is 131 cm³/mol. The molecule has 36 heavy (non-hydrogen) atoms. The number of nitrogens with zero attached hydrogens (tertiary/aromatic N) is 1. The van der Waals surface area contributed by atoms with E-state index in [4.69, 9.17) is 14.2 Å². The van der Waals surface area contributed by atoms with E-state index in [1.165, 1.54) is 32.0 Å². The Morgan fingerprint density at radius 1 is 0.889 bits per heavy atom. The number of anilines is 2. The van der Waals surface area contributed by atoms with Crippen molar-refractivity contribution in [1.29, 1.82) is 0 Å². The number of rotatable bonds is 7. The molecule has 186 valence electrons. The van der Waals surface area contributed by atoms with E-state index in [1.54, 1.807) is 6.07 Å². The van der Waals surface area contributed by atoms with E-state index in [-0.39, 0.29) is 30.0 Å². The van der Waals surface area contributed by atoms with Gasteiger partial charge in [-0.2, -0.15) is 0 Å². The zero-order valence-corrected chi connectivity index (χ0v) is 20.3. The minimum Gasteiger partial charge on any atom is -0.454 e. The van der Waals surface area contributed by atoms with E-state index in [1.807, 2.05) is 36.6 Å². The molecule has 10 nitrogen and oxygen atoms in total. The van der Waals surface area contributed by atoms with E-state index in [2.05, 4.69) is 10.6 Å². The third kappa shape index (κ3) is 5.22. The normalized spacial score (nSPS) is 11.7. The number of esters is 1. The Morgan fingerprint density at radius 3 is 2.17 bits per heavy atom. The van der Waals surface area contributed by atoms with Crippen molar-refractivity contribution in [2.24, 2.45) is 0 Å². The van der Waals surface area contributed by atoms with Gasteiger partial charge in [-0.3, -0.25) is 14.4 Å². The molecule has 0 fully saturated rings. The highest BCUT2D eigenvalue weighted by Crippen LogP contribution is 2.35. The van der Waals surface area contributed by atoms with Crippen LogP contribution in [0, 0.1) is 13.8 Å². The minimum atomic E-state index is -0.772. The van der Waals surface area contributed by atoms with Gasteiger partial charge in [-0.15, -0.1) is 0 Å². The first-order chi connectivity index (χ1) is 17.1. The number of amides is 2. The fourth-order valence-corrected chi connectivity index (χ4v) is 4.06. The lowest BCUT2D eigenvalue weighted by Crippen LogP contribution is -2.16. The number of nitrogens with one attached hydrogen (secondary N) is 2. The summed E-state index contributed by atoms with van der Waals surface area (Å²) < 4.78 is 18.0. The van der Waals surface area contributed by atoms with Crippen LogP contribution in [0.1, 0.15) is 46.0 Å². The Hall–Kier alpha value is -4.60. The Balaban J connectivity index is 1.51. The number of carbonyl (C=O) groups excluding carboxylic acids is 4. The van der Waals surface area contributed by atoms with Crippen molar-refractivity contribution in [2.45, 2.75) is 27.7 Å². The number of ether oxygens (including phenoxy) is 3. The SMILES string of the molecule is CC(=O)Nc1cc(NC(C)=O)cc(C(=O)OCC(=O)c2cc(C)n(-c3ccc4c(c3)OCO4)c2C)c1. The topological polar surface area (TPSA) is 125 Å². The first-order valence-electron chi connectivity index (χ1n) is 11.1. The molecule has 0 spiro atoms. The van der Waals surface area contributed by atoms with Crippen LogP contribution < -0.4 is 20.1 Å². The van der Waals surface area contributed by atoms with Crippen LogP contribution in [0.2, 0.25) is 0 Å². The number of carbonyl (C=O) groups is 4. The van der Waals surface area contributed by atoms with Crippen molar-refractivity contribution in [3.05, 3.63) is 65.0 Å². The third-order valence-electron chi connectivity index (χ3n) is 5.49. The lowest BCUT2D eigenvalue weighted by molar-refractivity contribution is -0.115. The first kappa shape index (κ1) is 24.5. The molecular formula is C26H25N3O7. The monoisotopic (exact) mass is 491 g/mol. The summed E-state index contributed by atoms with van der Waals surface area (Å²) >= 11 is 0. The summed E-state index contributed by atoms with van der Waals surface area (Å²) in [5, 5.41) is 5.13. The van der Waals surface area contributed by atoms with Gasteiger partial charge in [0.15, 0.2) is 18.1 Å². The number of aromatic nitrogens is 1. The summed E-state index contributed by atoms with van der Waals surface area (Å²) in [6, 6.07) is 11.6. The van der Waals surface area contributed by atoms with Crippen molar-refractivity contribution in [3.8, 4) is 17.2 Å². The van der Waals surface area contributed by atoms with Crippen molar-refractivity contribution >= 4 is 34.9 Å². The highest BCUT2D eigenvalue weighted by molar-refractivity contribution is 6.02. The van der Waals surface area contributed by atoms with Gasteiger partial charge >= 0.3 is 5.97 Å². The van der Waals surface area contributed by atoms with Gasteiger partial charge in [-0.25, -0.2) is 4.79 Å². The van der Waals surface area contributed by atoms with Crippen LogP contribution in [0.15, 0.2) is 42.5 Å². The van der Waals surface area contributed by atoms with Gasteiger partial charge in [0.2, 0.25) is 24.4 Å². The Kier molecular flexibility index (Phi) is 6.77. The molecule has 10 heteroatoms. The molecule has 3 aromatic rings. The van der Waals surface area contributed by atoms with Crippen LogP contribution in [-0.4, -0.2) is 41.5 Å². The molecule has 0 saturated heterocycles. The number of fused-ring (bicyclic) bond motifs is 1. The lowest BCUT2D eigenvalue weighted by Gasteiger charge is -2.11. The number of benzene rings is 2. The second kappa shape index (κ2) is 9.95. The largest absolute Gasteiger partial charge is 0.454 e. The summed E-state index contributed by atoms with van der Waals surface area (Å²) in [5.74, 6) is -0.546. The van der Waals surface area contributed by atoms with Crippen LogP contribution in [0.4, 0.5) is 11.4 Å². The summed E-state index contributed by atoms with van der Waals surface area (Å²) in [4.78, 5) is 48.6. The summed E-state index contributed by atoms with van der Waals surface area (Å²) in [7, 11) is 0. The van der Waals surface area contributed by atoms with Gasteiger partial charge in [0.05, 0.1) is 5.56 Å². The number of ketones is 1. The molecule has 2 aromatic carbocycles. The Bertz CT molecular complexity index is 1360. The molecule has 0 saturated carbocycles. The molecule has 0 radical (unpaired) electrons. The Morgan fingerprint density at radius 2 is 1.53 bits per heavy atom. The zero-order chi connectivity index (χ0) is 26.0. The van der Waals surface area contributed by atoms with Gasteiger partial charge in [0.1, 0.15) is 0 Å². The van der Waals surface area contributed by atoms with Gasteiger partial charge in [-0.05, 0) is 50.2 Å². The molecule has 0 bridgehead atoms. The maximum atomic E-state index is 13.0. The maximum absolute atomic E-state index is 13.0. The fourth-order valence-electron chi connectivity index (χ4n) is 4.06. The molecule has 0 aliphatic carbocycles. The minimum absolute atomic E-state index is 0.0728. The second-order valence-electron chi connectivity index (χ2n) is 8.32. The number of Topliss-reactive ketones (excluding diaryl/α,β-unsaturated/α-hetero) is 1. The number of hydrogen-bond acceptors (Lipinski definition) is 7. The van der Waals surface area contributed by atoms with Gasteiger partial charge in [0.25, 0.3) is 0 Å². The quantitative estimate of drug-likeness (QED) is 0.381. The van der Waals surface area contributed by atoms with Gasteiger partial charge < -0.3 is 29.4 Å². The van der Waals surface area contributed by atoms with Crippen LogP contribution in [0.5, 0.6) is 11.5 Å². The summed E-state index contributed by atoms with van der Waals surface area (Å²) in [6.45, 7) is 6.01. The predicted octanol–water partition coefficient (Wildman–Crippen LogP) is 3.78. The van der Waals surface area contributed by atoms with E-state index in [0.717, 1.165) is 11.4 Å². The zero-order valence-electron chi connectivity index (χ0n) is 20.3. The smallest absolute Gasteiger partial charge is 0.338 e. The molecular weight excluding hydrogens is 466 g/mol. The molecule has 0 atom stereocenters. The number of aryl methyl sites for hydroxylation is 1. The molecule has 2 heterocycles. The Labute approximate surface area is 207 Å². The van der Waals surface area contributed by atoms with E-state index in [9.17, 15) is 19.2 Å². The number of hydrogen-bond donors (Lipinski definition) is 2. The van der Waals surface area contributed by atoms with Crippen LogP contribution in [0.3, 0.4) is 0 Å². The second-order valence-corrected chi connectivity index (χ2v) is 8.32. The average molecular weight is 492 g/mol. The molecule has 2 N–H and O–H groups in total.